The van der Waals surface area contributed by atoms with Crippen LogP contribution in [0.2, 0.25) is 0 Å². The highest BCUT2D eigenvalue weighted by molar-refractivity contribution is 5.80. The van der Waals surface area contributed by atoms with E-state index in [1.165, 1.54) is 5.56 Å². The zero-order chi connectivity index (χ0) is 21.4. The minimum Gasteiger partial charge on any atom is -0.491 e. The van der Waals surface area contributed by atoms with E-state index in [0.717, 1.165) is 35.5 Å². The van der Waals surface area contributed by atoms with Gasteiger partial charge in [-0.25, -0.2) is 0 Å². The number of carbonyl (C=O) groups is 1. The van der Waals surface area contributed by atoms with Crippen LogP contribution in [0, 0.1) is 6.92 Å². The van der Waals surface area contributed by atoms with Crippen LogP contribution in [0.1, 0.15) is 63.6 Å². The molecule has 0 aliphatic carbocycles. The molecule has 2 aromatic rings. The van der Waals surface area contributed by atoms with Crippen molar-refractivity contribution in [1.82, 2.24) is 5.32 Å². The summed E-state index contributed by atoms with van der Waals surface area (Å²) in [7, 11) is 0. The molecule has 0 spiro atoms. The zero-order valence-corrected chi connectivity index (χ0v) is 18.6. The van der Waals surface area contributed by atoms with Crippen LogP contribution in [-0.4, -0.2) is 24.7 Å². The van der Waals surface area contributed by atoms with E-state index < -0.39 is 6.10 Å². The molecule has 0 aromatic heterocycles. The normalized spacial score (nSPS) is 12.1. The van der Waals surface area contributed by atoms with Crippen LogP contribution < -0.4 is 14.8 Å². The average Bonchev–Trinajstić information content (AvgIpc) is 2.64. The molecule has 0 heterocycles. The van der Waals surface area contributed by atoms with Crippen LogP contribution in [0.4, 0.5) is 0 Å². The molecular weight excluding hydrogens is 362 g/mol. The number of benzene rings is 2. The van der Waals surface area contributed by atoms with Gasteiger partial charge in [-0.3, -0.25) is 4.79 Å². The highest BCUT2D eigenvalue weighted by Gasteiger charge is 2.17. The standard InChI is InChI=1S/C25H35NO3/c1-17(2)23-13-12-19(5)15-24(23)29-20(6)25(27)26-14-8-10-21-9-7-11-22(16-21)28-18(3)4/h7,9,11-13,15-18,20H,8,10,14H2,1-6H3,(H,26,27). The maximum atomic E-state index is 12.4. The molecule has 1 unspecified atom stereocenters. The summed E-state index contributed by atoms with van der Waals surface area (Å²) in [6, 6.07) is 14.3. The van der Waals surface area contributed by atoms with Gasteiger partial charge < -0.3 is 14.8 Å². The van der Waals surface area contributed by atoms with Crippen molar-refractivity contribution in [2.45, 2.75) is 72.5 Å². The molecule has 0 aliphatic rings. The lowest BCUT2D eigenvalue weighted by Gasteiger charge is -2.19. The quantitative estimate of drug-likeness (QED) is 0.544. The van der Waals surface area contributed by atoms with E-state index in [2.05, 4.69) is 43.4 Å². The summed E-state index contributed by atoms with van der Waals surface area (Å²) in [5.74, 6) is 1.95. The van der Waals surface area contributed by atoms with Crippen LogP contribution in [0.5, 0.6) is 11.5 Å². The van der Waals surface area contributed by atoms with Gasteiger partial charge in [0.15, 0.2) is 6.10 Å². The molecule has 1 N–H and O–H groups in total. The van der Waals surface area contributed by atoms with E-state index in [0.29, 0.717) is 12.5 Å². The summed E-state index contributed by atoms with van der Waals surface area (Å²) in [5.41, 5.74) is 3.46. The monoisotopic (exact) mass is 397 g/mol. The third-order valence-electron chi connectivity index (χ3n) is 4.68. The largest absolute Gasteiger partial charge is 0.491 e. The third kappa shape index (κ3) is 7.45. The minimum absolute atomic E-state index is 0.0851. The molecular formula is C25H35NO3. The Labute approximate surface area is 175 Å². The van der Waals surface area contributed by atoms with Gasteiger partial charge in [0.05, 0.1) is 6.10 Å². The maximum absolute atomic E-state index is 12.4. The smallest absolute Gasteiger partial charge is 0.260 e. The van der Waals surface area contributed by atoms with Crippen LogP contribution in [0.3, 0.4) is 0 Å². The molecule has 2 aromatic carbocycles. The molecule has 0 radical (unpaired) electrons. The second kappa shape index (κ2) is 10.9. The summed E-state index contributed by atoms with van der Waals surface area (Å²) in [6.07, 6.45) is 1.39. The molecule has 0 saturated carbocycles. The Morgan fingerprint density at radius 3 is 2.45 bits per heavy atom. The van der Waals surface area contributed by atoms with Gasteiger partial charge in [-0.1, -0.05) is 38.1 Å². The predicted molar refractivity (Wildman–Crippen MR) is 119 cm³/mol. The van der Waals surface area contributed by atoms with Crippen molar-refractivity contribution < 1.29 is 14.3 Å². The van der Waals surface area contributed by atoms with Crippen LogP contribution in [-0.2, 0) is 11.2 Å². The zero-order valence-electron chi connectivity index (χ0n) is 18.6. The third-order valence-corrected chi connectivity index (χ3v) is 4.68. The fourth-order valence-electron chi connectivity index (χ4n) is 3.16. The lowest BCUT2D eigenvalue weighted by atomic mass is 10.0. The second-order valence-corrected chi connectivity index (χ2v) is 8.16. The lowest BCUT2D eigenvalue weighted by molar-refractivity contribution is -0.127. The Kier molecular flexibility index (Phi) is 8.56. The Balaban J connectivity index is 1.82. The summed E-state index contributed by atoms with van der Waals surface area (Å²) in [4.78, 5) is 12.4. The van der Waals surface area contributed by atoms with Gasteiger partial charge in [-0.05, 0) is 81.3 Å². The SMILES string of the molecule is Cc1ccc(C(C)C)c(OC(C)C(=O)NCCCc2cccc(OC(C)C)c2)c1. The topological polar surface area (TPSA) is 47.6 Å². The van der Waals surface area contributed by atoms with Crippen LogP contribution >= 0.6 is 0 Å². The molecule has 0 saturated heterocycles. The fraction of sp³-hybridized carbons (Fsp3) is 0.480. The number of hydrogen-bond donors (Lipinski definition) is 1. The summed E-state index contributed by atoms with van der Waals surface area (Å²) in [5, 5.41) is 2.99. The predicted octanol–water partition coefficient (Wildman–Crippen LogP) is 5.42. The van der Waals surface area contributed by atoms with Crippen molar-refractivity contribution in [3.8, 4) is 11.5 Å². The average molecular weight is 398 g/mol. The van der Waals surface area contributed by atoms with Crippen molar-refractivity contribution in [3.05, 3.63) is 59.2 Å². The van der Waals surface area contributed by atoms with Crippen molar-refractivity contribution in [1.29, 1.82) is 0 Å². The van der Waals surface area contributed by atoms with E-state index in [-0.39, 0.29) is 12.0 Å². The molecule has 0 aliphatic heterocycles. The first-order valence-corrected chi connectivity index (χ1v) is 10.6. The molecule has 0 bridgehead atoms. The molecule has 4 heteroatoms. The summed E-state index contributed by atoms with van der Waals surface area (Å²) in [6.45, 7) is 12.7. The molecule has 4 nitrogen and oxygen atoms in total. The first-order chi connectivity index (χ1) is 13.8. The van der Waals surface area contributed by atoms with Gasteiger partial charge in [-0.15, -0.1) is 0 Å². The fourth-order valence-corrected chi connectivity index (χ4v) is 3.16. The van der Waals surface area contributed by atoms with Gasteiger partial charge in [-0.2, -0.15) is 0 Å². The first kappa shape index (κ1) is 22.8. The first-order valence-electron chi connectivity index (χ1n) is 10.6. The van der Waals surface area contributed by atoms with Gasteiger partial charge in [0.2, 0.25) is 0 Å². The molecule has 1 atom stereocenters. The lowest BCUT2D eigenvalue weighted by Crippen LogP contribution is -2.37. The number of ether oxygens (including phenoxy) is 2. The van der Waals surface area contributed by atoms with Crippen molar-refractivity contribution in [3.63, 3.8) is 0 Å². The molecule has 0 fully saturated rings. The van der Waals surface area contributed by atoms with E-state index >= 15 is 0 Å². The molecule has 1 amide bonds. The van der Waals surface area contributed by atoms with Gasteiger partial charge in [0.25, 0.3) is 5.91 Å². The highest BCUT2D eigenvalue weighted by atomic mass is 16.5. The van der Waals surface area contributed by atoms with E-state index in [1.54, 1.807) is 6.92 Å². The van der Waals surface area contributed by atoms with Crippen molar-refractivity contribution in [2.24, 2.45) is 0 Å². The number of rotatable bonds is 10. The number of amides is 1. The Morgan fingerprint density at radius 1 is 1.00 bits per heavy atom. The minimum atomic E-state index is -0.530. The van der Waals surface area contributed by atoms with Crippen molar-refractivity contribution in [2.75, 3.05) is 6.54 Å². The van der Waals surface area contributed by atoms with E-state index in [1.807, 2.05) is 39.0 Å². The Morgan fingerprint density at radius 2 is 1.76 bits per heavy atom. The molecule has 2 rings (SSSR count). The summed E-state index contributed by atoms with van der Waals surface area (Å²) >= 11 is 0. The van der Waals surface area contributed by atoms with Gasteiger partial charge in [0.1, 0.15) is 11.5 Å². The van der Waals surface area contributed by atoms with Gasteiger partial charge >= 0.3 is 0 Å². The van der Waals surface area contributed by atoms with E-state index in [9.17, 15) is 4.79 Å². The Hall–Kier alpha value is -2.49. The molecule has 158 valence electrons. The number of hydrogen-bond acceptors (Lipinski definition) is 3. The van der Waals surface area contributed by atoms with E-state index in [4.69, 9.17) is 9.47 Å². The number of nitrogens with one attached hydrogen (secondary N) is 1. The summed E-state index contributed by atoms with van der Waals surface area (Å²) < 4.78 is 11.7. The maximum Gasteiger partial charge on any atom is 0.260 e. The molecule has 29 heavy (non-hydrogen) atoms. The van der Waals surface area contributed by atoms with Gasteiger partial charge in [0, 0.05) is 6.54 Å². The number of carbonyl (C=O) groups excluding carboxylic acids is 1. The van der Waals surface area contributed by atoms with Crippen molar-refractivity contribution >= 4 is 5.91 Å². The number of aryl methyl sites for hydroxylation is 2. The second-order valence-electron chi connectivity index (χ2n) is 8.16. The van der Waals surface area contributed by atoms with Crippen LogP contribution in [0.15, 0.2) is 42.5 Å². The Bertz CT molecular complexity index is 798. The highest BCUT2D eigenvalue weighted by Crippen LogP contribution is 2.28. The van der Waals surface area contributed by atoms with Crippen LogP contribution in [0.25, 0.3) is 0 Å².